The van der Waals surface area contributed by atoms with Gasteiger partial charge in [0, 0.05) is 11.3 Å². The minimum absolute atomic E-state index is 0.0270. The number of amides is 1. The molecule has 0 spiro atoms. The van der Waals surface area contributed by atoms with E-state index >= 15 is 0 Å². The van der Waals surface area contributed by atoms with Gasteiger partial charge in [0.25, 0.3) is 5.91 Å². The third kappa shape index (κ3) is 4.72. The zero-order valence-electron chi connectivity index (χ0n) is 18.9. The number of hydrogen-bond acceptors (Lipinski definition) is 3. The van der Waals surface area contributed by atoms with E-state index in [1.54, 1.807) is 6.92 Å². The summed E-state index contributed by atoms with van der Waals surface area (Å²) in [5.41, 5.74) is 2.55. The van der Waals surface area contributed by atoms with E-state index in [0.29, 0.717) is 5.56 Å². The molecule has 1 aliphatic carbocycles. The van der Waals surface area contributed by atoms with Crippen molar-refractivity contribution in [1.29, 1.82) is 0 Å². The van der Waals surface area contributed by atoms with Gasteiger partial charge < -0.3 is 10.1 Å². The van der Waals surface area contributed by atoms with Gasteiger partial charge in [0.05, 0.1) is 12.2 Å². The van der Waals surface area contributed by atoms with Crippen LogP contribution in [-0.2, 0) is 4.74 Å². The second-order valence-electron chi connectivity index (χ2n) is 8.79. The van der Waals surface area contributed by atoms with Gasteiger partial charge in [0.2, 0.25) is 0 Å². The lowest BCUT2D eigenvalue weighted by molar-refractivity contribution is 0.0521. The first kappa shape index (κ1) is 22.5. The lowest BCUT2D eigenvalue weighted by atomic mass is 9.78. The van der Waals surface area contributed by atoms with Crippen LogP contribution < -0.4 is 5.32 Å². The van der Waals surface area contributed by atoms with Gasteiger partial charge in [-0.2, -0.15) is 0 Å². The molecule has 0 bridgehead atoms. The molecule has 0 atom stereocenters. The Kier molecular flexibility index (Phi) is 6.14. The van der Waals surface area contributed by atoms with Gasteiger partial charge in [0.15, 0.2) is 0 Å². The third-order valence-electron chi connectivity index (χ3n) is 5.71. The second-order valence-corrected chi connectivity index (χ2v) is 8.79. The van der Waals surface area contributed by atoms with Gasteiger partial charge in [-0.1, -0.05) is 62.4 Å². The molecule has 0 aromatic heterocycles. The van der Waals surface area contributed by atoms with Crippen molar-refractivity contribution in [2.45, 2.75) is 27.2 Å². The minimum Gasteiger partial charge on any atom is -0.462 e. The normalized spacial score (nSPS) is 14.6. The van der Waals surface area contributed by atoms with Gasteiger partial charge in [0.1, 0.15) is 5.82 Å². The lowest BCUT2D eigenvalue weighted by Gasteiger charge is -2.27. The Morgan fingerprint density at radius 1 is 1.06 bits per heavy atom. The number of allylic oxidation sites excluding steroid dienone is 4. The van der Waals surface area contributed by atoms with Crippen LogP contribution in [0.2, 0.25) is 0 Å². The highest BCUT2D eigenvalue weighted by Crippen LogP contribution is 2.39. The Hall–Kier alpha value is -3.73. The van der Waals surface area contributed by atoms with E-state index in [2.05, 4.69) is 31.3 Å². The van der Waals surface area contributed by atoms with E-state index in [9.17, 15) is 14.0 Å². The predicted octanol–water partition coefficient (Wildman–Crippen LogP) is 6.78. The number of carbonyl (C=O) groups excluding carboxylic acids is 2. The zero-order valence-corrected chi connectivity index (χ0v) is 18.9. The Balaban J connectivity index is 1.72. The number of fused-ring (bicyclic) bond motifs is 1. The minimum atomic E-state index is -0.744. The Morgan fingerprint density at radius 3 is 2.55 bits per heavy atom. The molecule has 1 N–H and O–H groups in total. The first-order valence-corrected chi connectivity index (χ1v) is 11.0. The Bertz CT molecular complexity index is 1300. The molecule has 0 heterocycles. The number of hydrogen-bond donors (Lipinski definition) is 1. The summed E-state index contributed by atoms with van der Waals surface area (Å²) < 4.78 is 19.3. The maximum Gasteiger partial charge on any atom is 0.341 e. The van der Waals surface area contributed by atoms with Crippen molar-refractivity contribution in [2.24, 2.45) is 5.41 Å². The van der Waals surface area contributed by atoms with Crippen molar-refractivity contribution in [3.05, 3.63) is 95.3 Å². The summed E-state index contributed by atoms with van der Waals surface area (Å²) in [5.74, 6) is -1.82. The number of carbonyl (C=O) groups is 2. The summed E-state index contributed by atoms with van der Waals surface area (Å²) in [6.07, 6.45) is 7.04. The maximum atomic E-state index is 14.5. The Morgan fingerprint density at radius 2 is 1.82 bits per heavy atom. The molecule has 0 saturated carbocycles. The molecule has 168 valence electrons. The highest BCUT2D eigenvalue weighted by atomic mass is 19.1. The SMILES string of the molecule is CCOC(=O)c1ccc(NC(=O)c2ccc3ccccc3c2C2=CC=CC(C)(C)C2)cc1F. The average molecular weight is 444 g/mol. The van der Waals surface area contributed by atoms with Crippen molar-refractivity contribution >= 4 is 33.9 Å². The number of nitrogens with one attached hydrogen (secondary N) is 1. The average Bonchev–Trinajstić information content (AvgIpc) is 2.77. The predicted molar refractivity (Wildman–Crippen MR) is 130 cm³/mol. The molecule has 0 aliphatic heterocycles. The molecular weight excluding hydrogens is 417 g/mol. The van der Waals surface area contributed by atoms with Crippen molar-refractivity contribution in [3.8, 4) is 0 Å². The monoisotopic (exact) mass is 443 g/mol. The number of anilines is 1. The summed E-state index contributed by atoms with van der Waals surface area (Å²) in [6, 6.07) is 15.7. The molecule has 4 rings (SSSR count). The first-order valence-electron chi connectivity index (χ1n) is 11.0. The Labute approximate surface area is 192 Å². The van der Waals surface area contributed by atoms with Crippen LogP contribution in [0.3, 0.4) is 0 Å². The molecular formula is C28H26FNO3. The van der Waals surface area contributed by atoms with E-state index in [1.165, 1.54) is 12.1 Å². The fourth-order valence-corrected chi connectivity index (χ4v) is 4.18. The topological polar surface area (TPSA) is 55.4 Å². The van der Waals surface area contributed by atoms with Crippen molar-refractivity contribution in [1.82, 2.24) is 0 Å². The molecule has 0 unspecified atom stereocenters. The standard InChI is InChI=1S/C28H26FNO3/c1-4-33-27(32)22-14-12-20(16-24(22)29)30-26(31)23-13-11-18-8-5-6-10-21(18)25(23)19-9-7-15-28(2,3)17-19/h5-16H,4,17H2,1-3H3,(H,30,31). The molecule has 4 nitrogen and oxygen atoms in total. The number of ether oxygens (including phenoxy) is 1. The molecule has 3 aromatic carbocycles. The van der Waals surface area contributed by atoms with E-state index < -0.39 is 11.8 Å². The van der Waals surface area contributed by atoms with Crippen LogP contribution in [0.4, 0.5) is 10.1 Å². The highest BCUT2D eigenvalue weighted by Gasteiger charge is 2.25. The summed E-state index contributed by atoms with van der Waals surface area (Å²) >= 11 is 0. The van der Waals surface area contributed by atoms with Crippen LogP contribution >= 0.6 is 0 Å². The van der Waals surface area contributed by atoms with E-state index in [-0.39, 0.29) is 29.2 Å². The fourth-order valence-electron chi connectivity index (χ4n) is 4.18. The van der Waals surface area contributed by atoms with E-state index in [1.807, 2.05) is 42.5 Å². The smallest absolute Gasteiger partial charge is 0.341 e. The van der Waals surface area contributed by atoms with E-state index in [4.69, 9.17) is 4.74 Å². The quantitative estimate of drug-likeness (QED) is 0.442. The van der Waals surface area contributed by atoms with Gasteiger partial charge in [-0.05, 0) is 64.9 Å². The summed E-state index contributed by atoms with van der Waals surface area (Å²) in [6.45, 7) is 6.14. The van der Waals surface area contributed by atoms with Gasteiger partial charge in [-0.3, -0.25) is 4.79 Å². The van der Waals surface area contributed by atoms with Crippen LogP contribution in [0.25, 0.3) is 16.3 Å². The van der Waals surface area contributed by atoms with Crippen molar-refractivity contribution in [2.75, 3.05) is 11.9 Å². The van der Waals surface area contributed by atoms with Crippen LogP contribution in [0.15, 0.2) is 72.8 Å². The van der Waals surface area contributed by atoms with Gasteiger partial charge in [-0.25, -0.2) is 9.18 Å². The molecule has 0 radical (unpaired) electrons. The van der Waals surface area contributed by atoms with Crippen molar-refractivity contribution in [3.63, 3.8) is 0 Å². The molecule has 0 saturated heterocycles. The van der Waals surface area contributed by atoms with Crippen LogP contribution in [0.1, 0.15) is 53.5 Å². The number of rotatable bonds is 5. The molecule has 1 aliphatic rings. The zero-order chi connectivity index (χ0) is 23.6. The summed E-state index contributed by atoms with van der Waals surface area (Å²) in [5, 5.41) is 4.82. The van der Waals surface area contributed by atoms with Crippen LogP contribution in [0.5, 0.6) is 0 Å². The van der Waals surface area contributed by atoms with Gasteiger partial charge in [-0.15, -0.1) is 0 Å². The summed E-state index contributed by atoms with van der Waals surface area (Å²) in [4.78, 5) is 25.2. The molecule has 5 heteroatoms. The third-order valence-corrected chi connectivity index (χ3v) is 5.71. The van der Waals surface area contributed by atoms with E-state index in [0.717, 1.165) is 34.4 Å². The number of halogens is 1. The second kappa shape index (κ2) is 9.02. The lowest BCUT2D eigenvalue weighted by Crippen LogP contribution is -2.17. The maximum absolute atomic E-state index is 14.5. The highest BCUT2D eigenvalue weighted by molar-refractivity contribution is 6.12. The van der Waals surface area contributed by atoms with Gasteiger partial charge >= 0.3 is 5.97 Å². The largest absolute Gasteiger partial charge is 0.462 e. The van der Waals surface area contributed by atoms with Crippen LogP contribution in [0, 0.1) is 11.2 Å². The number of benzene rings is 3. The molecule has 33 heavy (non-hydrogen) atoms. The van der Waals surface area contributed by atoms with Crippen LogP contribution in [-0.4, -0.2) is 18.5 Å². The van der Waals surface area contributed by atoms with Crippen molar-refractivity contribution < 1.29 is 18.7 Å². The molecule has 3 aromatic rings. The first-order chi connectivity index (χ1) is 15.8. The molecule has 0 fully saturated rings. The molecule has 1 amide bonds. The fraction of sp³-hybridized carbons (Fsp3) is 0.214. The summed E-state index contributed by atoms with van der Waals surface area (Å²) in [7, 11) is 0. The number of esters is 1.